The minimum absolute atomic E-state index is 0.179. The molecule has 0 atom stereocenters. The summed E-state index contributed by atoms with van der Waals surface area (Å²) >= 11 is 11.8. The first-order valence-electron chi connectivity index (χ1n) is 5.24. The lowest BCUT2D eigenvalue weighted by Gasteiger charge is -2.06. The van der Waals surface area contributed by atoms with Crippen molar-refractivity contribution in [2.24, 2.45) is 0 Å². The molecule has 98 valence electrons. The lowest BCUT2D eigenvalue weighted by molar-refractivity contribution is -0.118. The topological polar surface area (TPSA) is 79.8 Å². The first-order valence-corrected chi connectivity index (χ1v) is 5.99. The highest BCUT2D eigenvalue weighted by atomic mass is 35.5. The fraction of sp³-hybridized carbons (Fsp3) is 0.0909. The maximum absolute atomic E-state index is 10.8. The second-order valence-electron chi connectivity index (χ2n) is 3.60. The van der Waals surface area contributed by atoms with E-state index in [1.165, 1.54) is 13.1 Å². The van der Waals surface area contributed by atoms with Crippen LogP contribution in [0, 0.1) is 0 Å². The molecule has 1 amide bonds. The maximum Gasteiger partial charge on any atom is 0.262 e. The van der Waals surface area contributed by atoms with E-state index in [-0.39, 0.29) is 11.9 Å². The number of hydrogen-bond donors (Lipinski definition) is 2. The van der Waals surface area contributed by atoms with Crippen LogP contribution in [0.3, 0.4) is 0 Å². The molecule has 8 heteroatoms. The molecule has 6 nitrogen and oxygen atoms in total. The second kappa shape index (κ2) is 5.81. The molecule has 0 bridgehead atoms. The molecule has 0 fully saturated rings. The minimum atomic E-state index is -0.261. The van der Waals surface area contributed by atoms with Crippen LogP contribution in [-0.2, 0) is 4.79 Å². The van der Waals surface area contributed by atoms with Gasteiger partial charge in [0.25, 0.3) is 5.95 Å². The summed E-state index contributed by atoms with van der Waals surface area (Å²) in [6.07, 6.45) is 1.48. The molecule has 0 saturated carbocycles. The van der Waals surface area contributed by atoms with Crippen LogP contribution >= 0.6 is 23.2 Å². The standard InChI is InChI=1S/C11H9Cl2N5O/c1-6(19)16-18-11-15-10(5-14-17-11)7-2-3-8(12)9(13)4-7/h2-5H,1H3,(H,16,19)(H,15,17,18). The number of hydrogen-bond acceptors (Lipinski definition) is 5. The highest BCUT2D eigenvalue weighted by Crippen LogP contribution is 2.27. The van der Waals surface area contributed by atoms with Gasteiger partial charge in [0.1, 0.15) is 0 Å². The number of benzene rings is 1. The molecule has 0 radical (unpaired) electrons. The van der Waals surface area contributed by atoms with Crippen molar-refractivity contribution in [2.45, 2.75) is 6.92 Å². The highest BCUT2D eigenvalue weighted by molar-refractivity contribution is 6.42. The molecule has 1 heterocycles. The second-order valence-corrected chi connectivity index (χ2v) is 4.41. The Morgan fingerprint density at radius 1 is 1.26 bits per heavy atom. The summed E-state index contributed by atoms with van der Waals surface area (Å²) in [5.41, 5.74) is 6.20. The van der Waals surface area contributed by atoms with Gasteiger partial charge < -0.3 is 0 Å². The summed E-state index contributed by atoms with van der Waals surface area (Å²) in [6, 6.07) is 5.11. The first kappa shape index (κ1) is 13.5. The Morgan fingerprint density at radius 3 is 2.74 bits per heavy atom. The van der Waals surface area contributed by atoms with Gasteiger partial charge >= 0.3 is 0 Å². The average molecular weight is 298 g/mol. The van der Waals surface area contributed by atoms with Crippen LogP contribution in [-0.4, -0.2) is 21.1 Å². The van der Waals surface area contributed by atoms with E-state index in [9.17, 15) is 4.79 Å². The number of amides is 1. The van der Waals surface area contributed by atoms with E-state index in [2.05, 4.69) is 26.0 Å². The van der Waals surface area contributed by atoms with Gasteiger partial charge in [0.2, 0.25) is 5.91 Å². The van der Waals surface area contributed by atoms with Crippen LogP contribution in [0.1, 0.15) is 6.92 Å². The van der Waals surface area contributed by atoms with E-state index in [4.69, 9.17) is 23.2 Å². The summed E-state index contributed by atoms with van der Waals surface area (Å²) in [7, 11) is 0. The number of halogens is 2. The number of aromatic nitrogens is 3. The fourth-order valence-corrected chi connectivity index (χ4v) is 1.59. The molecule has 2 rings (SSSR count). The lowest BCUT2D eigenvalue weighted by atomic mass is 10.2. The van der Waals surface area contributed by atoms with Gasteiger partial charge in [0.15, 0.2) is 0 Å². The highest BCUT2D eigenvalue weighted by Gasteiger charge is 2.06. The van der Waals surface area contributed by atoms with Crippen LogP contribution in [0.4, 0.5) is 5.95 Å². The lowest BCUT2D eigenvalue weighted by Crippen LogP contribution is -2.27. The van der Waals surface area contributed by atoms with Gasteiger partial charge in [0.05, 0.1) is 21.9 Å². The number of carbonyl (C=O) groups is 1. The van der Waals surface area contributed by atoms with Crippen molar-refractivity contribution in [3.05, 3.63) is 34.4 Å². The van der Waals surface area contributed by atoms with Crippen molar-refractivity contribution in [1.29, 1.82) is 0 Å². The molecule has 0 unspecified atom stereocenters. The average Bonchev–Trinajstić information content (AvgIpc) is 2.40. The molecular formula is C11H9Cl2N5O. The van der Waals surface area contributed by atoms with Crippen LogP contribution in [0.2, 0.25) is 10.0 Å². The van der Waals surface area contributed by atoms with Crippen LogP contribution in [0.25, 0.3) is 11.3 Å². The summed E-state index contributed by atoms with van der Waals surface area (Å²) < 4.78 is 0. The van der Waals surface area contributed by atoms with E-state index in [0.717, 1.165) is 5.56 Å². The summed E-state index contributed by atoms with van der Waals surface area (Å²) in [5, 5.41) is 8.41. The Morgan fingerprint density at radius 2 is 2.05 bits per heavy atom. The predicted molar refractivity (Wildman–Crippen MR) is 72.7 cm³/mol. The van der Waals surface area contributed by atoms with Crippen molar-refractivity contribution in [3.63, 3.8) is 0 Å². The van der Waals surface area contributed by atoms with Crippen molar-refractivity contribution in [1.82, 2.24) is 20.6 Å². The number of carbonyl (C=O) groups excluding carboxylic acids is 1. The number of anilines is 1. The quantitative estimate of drug-likeness (QED) is 0.850. The summed E-state index contributed by atoms with van der Waals surface area (Å²) in [4.78, 5) is 15.0. The molecule has 0 aliphatic rings. The number of nitrogens with one attached hydrogen (secondary N) is 2. The SMILES string of the molecule is CC(=O)NNc1nncc(-c2ccc(Cl)c(Cl)c2)n1. The molecule has 1 aromatic carbocycles. The number of hydrazine groups is 1. The molecule has 0 spiro atoms. The zero-order chi connectivity index (χ0) is 13.8. The van der Waals surface area contributed by atoms with Crippen molar-refractivity contribution in [2.75, 3.05) is 5.43 Å². The van der Waals surface area contributed by atoms with E-state index in [0.29, 0.717) is 15.7 Å². The van der Waals surface area contributed by atoms with E-state index < -0.39 is 0 Å². The van der Waals surface area contributed by atoms with E-state index in [1.807, 2.05) is 0 Å². The Balaban J connectivity index is 2.27. The molecule has 0 aliphatic heterocycles. The minimum Gasteiger partial charge on any atom is -0.274 e. The maximum atomic E-state index is 10.8. The van der Waals surface area contributed by atoms with Crippen molar-refractivity contribution in [3.8, 4) is 11.3 Å². The monoisotopic (exact) mass is 297 g/mol. The normalized spacial score (nSPS) is 10.1. The van der Waals surface area contributed by atoms with E-state index in [1.54, 1.807) is 18.2 Å². The fourth-order valence-electron chi connectivity index (χ4n) is 1.29. The molecule has 19 heavy (non-hydrogen) atoms. The van der Waals surface area contributed by atoms with Crippen LogP contribution < -0.4 is 10.9 Å². The Bertz CT molecular complexity index is 620. The van der Waals surface area contributed by atoms with Gasteiger partial charge in [-0.1, -0.05) is 29.3 Å². The van der Waals surface area contributed by atoms with Gasteiger partial charge in [0, 0.05) is 12.5 Å². The van der Waals surface area contributed by atoms with Crippen LogP contribution in [0.5, 0.6) is 0 Å². The van der Waals surface area contributed by atoms with Crippen LogP contribution in [0.15, 0.2) is 24.4 Å². The van der Waals surface area contributed by atoms with Gasteiger partial charge in [-0.3, -0.25) is 15.6 Å². The van der Waals surface area contributed by atoms with Gasteiger partial charge in [-0.25, -0.2) is 4.98 Å². The molecule has 0 aliphatic carbocycles. The molecule has 2 N–H and O–H groups in total. The largest absolute Gasteiger partial charge is 0.274 e. The zero-order valence-electron chi connectivity index (χ0n) is 9.82. The number of rotatable bonds is 3. The molecule has 0 saturated heterocycles. The zero-order valence-corrected chi connectivity index (χ0v) is 11.3. The third-order valence-electron chi connectivity index (χ3n) is 2.12. The Hall–Kier alpha value is -1.92. The Kier molecular flexibility index (Phi) is 4.13. The summed E-state index contributed by atoms with van der Waals surface area (Å²) in [6.45, 7) is 1.36. The van der Waals surface area contributed by atoms with E-state index >= 15 is 0 Å². The first-order chi connectivity index (χ1) is 9.06. The van der Waals surface area contributed by atoms with Crippen molar-refractivity contribution < 1.29 is 4.79 Å². The molecule has 1 aromatic heterocycles. The van der Waals surface area contributed by atoms with Gasteiger partial charge in [-0.15, -0.1) is 5.10 Å². The Labute approximate surface area is 119 Å². The molecule has 2 aromatic rings. The van der Waals surface area contributed by atoms with Gasteiger partial charge in [-0.05, 0) is 12.1 Å². The third kappa shape index (κ3) is 3.52. The molecular weight excluding hydrogens is 289 g/mol. The summed E-state index contributed by atoms with van der Waals surface area (Å²) in [5.74, 6) is -0.0812. The van der Waals surface area contributed by atoms with Gasteiger partial charge in [-0.2, -0.15) is 5.10 Å². The number of nitrogens with zero attached hydrogens (tertiary/aromatic N) is 3. The van der Waals surface area contributed by atoms with Crippen molar-refractivity contribution >= 4 is 35.1 Å². The third-order valence-corrected chi connectivity index (χ3v) is 2.86. The predicted octanol–water partition coefficient (Wildman–Crippen LogP) is 2.31. The smallest absolute Gasteiger partial charge is 0.262 e.